The molecule has 4 rings (SSSR count). The molecule has 0 aliphatic rings. The zero-order valence-corrected chi connectivity index (χ0v) is 24.7. The maximum atomic E-state index is 14.1. The van der Waals surface area contributed by atoms with E-state index in [1.54, 1.807) is 18.2 Å². The standard InChI is InChI=1S/C33H39N3O3S/c1-25-21-26(2)33(27(3)22-25)40(38,39)36(24-29-9-7-12-32(37)23-29)31-15-13-28(14-16-31)10-8-19-35(4)20-17-30-11-5-6-18-34-30/h5-7,9,11-16,18,21-23,37H,8,10,17,19-20,24H2,1-4H3. The van der Waals surface area contributed by atoms with Gasteiger partial charge in [-0.2, -0.15) is 0 Å². The van der Waals surface area contributed by atoms with Gasteiger partial charge in [-0.25, -0.2) is 8.42 Å². The topological polar surface area (TPSA) is 73.7 Å². The van der Waals surface area contributed by atoms with Crippen LogP contribution in [0.3, 0.4) is 0 Å². The average molecular weight is 558 g/mol. The monoisotopic (exact) mass is 557 g/mol. The third kappa shape index (κ3) is 7.49. The van der Waals surface area contributed by atoms with Gasteiger partial charge in [-0.15, -0.1) is 0 Å². The highest BCUT2D eigenvalue weighted by molar-refractivity contribution is 7.92. The first-order chi connectivity index (χ1) is 19.1. The van der Waals surface area contributed by atoms with Crippen molar-refractivity contribution in [2.24, 2.45) is 0 Å². The quantitative estimate of drug-likeness (QED) is 0.224. The predicted octanol–water partition coefficient (Wildman–Crippen LogP) is 6.22. The van der Waals surface area contributed by atoms with E-state index >= 15 is 0 Å². The Balaban J connectivity index is 1.49. The third-order valence-corrected chi connectivity index (χ3v) is 9.17. The summed E-state index contributed by atoms with van der Waals surface area (Å²) in [6, 6.07) is 24.4. The SMILES string of the molecule is Cc1cc(C)c(S(=O)(=O)N(Cc2cccc(O)c2)c2ccc(CCCN(C)CCc3ccccn3)cc2)c(C)c1. The number of benzene rings is 3. The zero-order valence-electron chi connectivity index (χ0n) is 23.8. The molecule has 1 N–H and O–H groups in total. The number of anilines is 1. The Morgan fingerprint density at radius 3 is 2.17 bits per heavy atom. The van der Waals surface area contributed by atoms with E-state index in [2.05, 4.69) is 23.0 Å². The first-order valence-electron chi connectivity index (χ1n) is 13.7. The third-order valence-electron chi connectivity index (χ3n) is 7.09. The molecule has 0 saturated heterocycles. The average Bonchev–Trinajstić information content (AvgIpc) is 2.91. The molecule has 0 fully saturated rings. The summed E-state index contributed by atoms with van der Waals surface area (Å²) in [5.41, 5.74) is 6.05. The van der Waals surface area contributed by atoms with Crippen molar-refractivity contribution in [3.05, 3.63) is 119 Å². The number of aromatic hydroxyl groups is 1. The Bertz CT molecular complexity index is 1500. The minimum Gasteiger partial charge on any atom is -0.508 e. The number of phenolic OH excluding ortho intramolecular Hbond substituents is 1. The van der Waals surface area contributed by atoms with E-state index in [9.17, 15) is 13.5 Å². The van der Waals surface area contributed by atoms with Gasteiger partial charge in [-0.05, 0) is 106 Å². The van der Waals surface area contributed by atoms with Gasteiger partial charge in [0.1, 0.15) is 5.75 Å². The molecule has 0 radical (unpaired) electrons. The van der Waals surface area contributed by atoms with E-state index in [4.69, 9.17) is 0 Å². The summed E-state index contributed by atoms with van der Waals surface area (Å²) in [7, 11) is -1.74. The van der Waals surface area contributed by atoms with Gasteiger partial charge in [-0.3, -0.25) is 9.29 Å². The van der Waals surface area contributed by atoms with Crippen LogP contribution in [-0.4, -0.2) is 43.5 Å². The largest absolute Gasteiger partial charge is 0.508 e. The van der Waals surface area contributed by atoms with Gasteiger partial charge >= 0.3 is 0 Å². The number of aryl methyl sites for hydroxylation is 4. The second-order valence-corrected chi connectivity index (χ2v) is 12.4. The van der Waals surface area contributed by atoms with E-state index in [1.807, 2.05) is 81.6 Å². The molecule has 0 amide bonds. The minimum atomic E-state index is -3.87. The second-order valence-electron chi connectivity index (χ2n) is 10.6. The first kappa shape index (κ1) is 29.3. The van der Waals surface area contributed by atoms with Crippen LogP contribution in [0, 0.1) is 20.8 Å². The Morgan fingerprint density at radius 1 is 0.800 bits per heavy atom. The Labute approximate surface area is 239 Å². The first-order valence-corrected chi connectivity index (χ1v) is 15.1. The molecule has 40 heavy (non-hydrogen) atoms. The highest BCUT2D eigenvalue weighted by atomic mass is 32.2. The Hall–Kier alpha value is -3.68. The number of sulfonamides is 1. The lowest BCUT2D eigenvalue weighted by atomic mass is 10.1. The van der Waals surface area contributed by atoms with Crippen LogP contribution in [0.1, 0.15) is 39.9 Å². The summed E-state index contributed by atoms with van der Waals surface area (Å²) in [6.07, 6.45) is 4.67. The molecular weight excluding hydrogens is 518 g/mol. The van der Waals surface area contributed by atoms with Gasteiger partial charge in [-0.1, -0.05) is 48.0 Å². The smallest absolute Gasteiger partial charge is 0.265 e. The molecule has 3 aromatic carbocycles. The molecule has 1 aromatic heterocycles. The molecule has 1 heterocycles. The fourth-order valence-corrected chi connectivity index (χ4v) is 7.04. The summed E-state index contributed by atoms with van der Waals surface area (Å²) in [6.45, 7) is 7.70. The molecule has 6 nitrogen and oxygen atoms in total. The summed E-state index contributed by atoms with van der Waals surface area (Å²) < 4.78 is 29.7. The fraction of sp³-hybridized carbons (Fsp3) is 0.303. The molecule has 7 heteroatoms. The van der Waals surface area contributed by atoms with Crippen LogP contribution in [0.2, 0.25) is 0 Å². The minimum absolute atomic E-state index is 0.109. The number of phenols is 1. The molecule has 0 aliphatic carbocycles. The van der Waals surface area contributed by atoms with Crippen LogP contribution in [0.15, 0.2) is 90.0 Å². The normalized spacial score (nSPS) is 11.6. The zero-order chi connectivity index (χ0) is 28.7. The summed E-state index contributed by atoms with van der Waals surface area (Å²) in [4.78, 5) is 7.04. The van der Waals surface area contributed by atoms with Crippen molar-refractivity contribution in [1.82, 2.24) is 9.88 Å². The number of rotatable bonds is 12. The number of pyridine rings is 1. The van der Waals surface area contributed by atoms with Crippen molar-refractivity contribution in [3.8, 4) is 5.75 Å². The number of hydrogen-bond acceptors (Lipinski definition) is 5. The van der Waals surface area contributed by atoms with Gasteiger partial charge in [0, 0.05) is 24.9 Å². The van der Waals surface area contributed by atoms with Crippen LogP contribution in [0.5, 0.6) is 5.75 Å². The fourth-order valence-electron chi connectivity index (χ4n) is 5.16. The van der Waals surface area contributed by atoms with E-state index in [0.29, 0.717) is 16.1 Å². The summed E-state index contributed by atoms with van der Waals surface area (Å²) in [5.74, 6) is 0.109. The van der Waals surface area contributed by atoms with Crippen molar-refractivity contribution in [3.63, 3.8) is 0 Å². The van der Waals surface area contributed by atoms with Crippen LogP contribution in [0.4, 0.5) is 5.69 Å². The van der Waals surface area contributed by atoms with Crippen LogP contribution >= 0.6 is 0 Å². The number of hydrogen-bond donors (Lipinski definition) is 1. The number of likely N-dealkylation sites (N-methyl/N-ethyl adjacent to an activating group) is 1. The number of aromatic nitrogens is 1. The Kier molecular flexibility index (Phi) is 9.61. The molecular formula is C33H39N3O3S. The van der Waals surface area contributed by atoms with Gasteiger partial charge in [0.25, 0.3) is 10.0 Å². The highest BCUT2D eigenvalue weighted by Gasteiger charge is 2.29. The molecule has 0 saturated carbocycles. The second kappa shape index (κ2) is 13.1. The molecule has 4 aromatic rings. The maximum absolute atomic E-state index is 14.1. The Morgan fingerprint density at radius 2 is 1.52 bits per heavy atom. The van der Waals surface area contributed by atoms with E-state index < -0.39 is 10.0 Å². The van der Waals surface area contributed by atoms with Crippen LogP contribution in [-0.2, 0) is 29.4 Å². The van der Waals surface area contributed by atoms with Gasteiger partial charge in [0.15, 0.2) is 0 Å². The molecule has 0 aliphatic heterocycles. The van der Waals surface area contributed by atoms with Crippen LogP contribution in [0.25, 0.3) is 0 Å². The lowest BCUT2D eigenvalue weighted by molar-refractivity contribution is 0.332. The van der Waals surface area contributed by atoms with Crippen LogP contribution < -0.4 is 4.31 Å². The van der Waals surface area contributed by atoms with E-state index in [1.165, 1.54) is 9.87 Å². The molecule has 0 atom stereocenters. The van der Waals surface area contributed by atoms with Gasteiger partial charge < -0.3 is 10.0 Å². The maximum Gasteiger partial charge on any atom is 0.265 e. The lowest BCUT2D eigenvalue weighted by Gasteiger charge is -2.27. The number of nitrogens with zero attached hydrogens (tertiary/aromatic N) is 3. The summed E-state index contributed by atoms with van der Waals surface area (Å²) >= 11 is 0. The van der Waals surface area contributed by atoms with Crippen molar-refractivity contribution in [2.45, 2.75) is 51.5 Å². The predicted molar refractivity (Wildman–Crippen MR) is 162 cm³/mol. The van der Waals surface area contributed by atoms with Crippen molar-refractivity contribution < 1.29 is 13.5 Å². The van der Waals surface area contributed by atoms with Crippen molar-refractivity contribution >= 4 is 15.7 Å². The highest BCUT2D eigenvalue weighted by Crippen LogP contribution is 2.31. The molecule has 0 spiro atoms. The van der Waals surface area contributed by atoms with Gasteiger partial charge in [0.05, 0.1) is 17.1 Å². The molecule has 0 bridgehead atoms. The summed E-state index contributed by atoms with van der Waals surface area (Å²) in [5, 5.41) is 10.0. The van der Waals surface area contributed by atoms with E-state index in [0.717, 1.165) is 54.7 Å². The van der Waals surface area contributed by atoms with Gasteiger partial charge in [0.2, 0.25) is 0 Å². The van der Waals surface area contributed by atoms with E-state index in [-0.39, 0.29) is 12.3 Å². The van der Waals surface area contributed by atoms with Crippen molar-refractivity contribution in [1.29, 1.82) is 0 Å². The van der Waals surface area contributed by atoms with Crippen molar-refractivity contribution in [2.75, 3.05) is 24.4 Å². The molecule has 210 valence electrons. The molecule has 0 unspecified atom stereocenters. The lowest BCUT2D eigenvalue weighted by Crippen LogP contribution is -2.31.